The molecule has 1 aromatic carbocycles. The van der Waals surface area contributed by atoms with Crippen LogP contribution >= 0.6 is 11.6 Å². The van der Waals surface area contributed by atoms with Gasteiger partial charge in [-0.25, -0.2) is 0 Å². The fraction of sp³-hybridized carbons (Fsp3) is 0.350. The van der Waals surface area contributed by atoms with Gasteiger partial charge in [-0.05, 0) is 43.4 Å². The van der Waals surface area contributed by atoms with Gasteiger partial charge in [-0.1, -0.05) is 31.5 Å². The molecule has 1 heterocycles. The van der Waals surface area contributed by atoms with E-state index in [1.54, 1.807) is 12.1 Å². The summed E-state index contributed by atoms with van der Waals surface area (Å²) in [5.41, 5.74) is 14.5. The molecule has 0 fully saturated rings. The minimum absolute atomic E-state index is 0.0910. The van der Waals surface area contributed by atoms with Crippen LogP contribution in [-0.4, -0.2) is 17.6 Å². The predicted octanol–water partition coefficient (Wildman–Crippen LogP) is 3.75. The summed E-state index contributed by atoms with van der Waals surface area (Å²) in [5, 5.41) is 11.4. The largest absolute Gasteiger partial charge is 0.455 e. The minimum Gasteiger partial charge on any atom is -0.455 e. The number of nitrogens with two attached hydrogens (primary N) is 2. The molecule has 0 radical (unpaired) electrons. The summed E-state index contributed by atoms with van der Waals surface area (Å²) in [6, 6.07) is 5.33. The van der Waals surface area contributed by atoms with Crippen LogP contribution in [0.3, 0.4) is 0 Å². The fourth-order valence-electron chi connectivity index (χ4n) is 3.44. The third kappa shape index (κ3) is 4.04. The summed E-state index contributed by atoms with van der Waals surface area (Å²) >= 11 is 6.05. The maximum absolute atomic E-state index is 12.9. The number of carbonyl (C=O) groups excluding carboxylic acids is 1. The van der Waals surface area contributed by atoms with Crippen molar-refractivity contribution in [2.24, 2.45) is 27.1 Å². The van der Waals surface area contributed by atoms with Crippen LogP contribution in [0.5, 0.6) is 0 Å². The highest BCUT2D eigenvalue weighted by Gasteiger charge is 2.36. The molecule has 0 bridgehead atoms. The highest BCUT2D eigenvalue weighted by atomic mass is 35.5. The lowest BCUT2D eigenvalue weighted by atomic mass is 9.75. The minimum atomic E-state index is -0.337. The number of benzene rings is 1. The number of anilines is 1. The van der Waals surface area contributed by atoms with Crippen LogP contribution in [0.15, 0.2) is 32.8 Å². The molecule has 0 unspecified atom stereocenters. The molecule has 28 heavy (non-hydrogen) atoms. The number of hydrogen-bond acceptors (Lipinski definition) is 4. The Balaban J connectivity index is 2.01. The Morgan fingerprint density at radius 3 is 2.64 bits per heavy atom. The quantitative estimate of drug-likeness (QED) is 0.412. The summed E-state index contributed by atoms with van der Waals surface area (Å²) in [6.45, 7) is 7.95. The number of guanidine groups is 1. The number of rotatable bonds is 3. The van der Waals surface area contributed by atoms with Crippen LogP contribution in [0.1, 0.15) is 53.3 Å². The van der Waals surface area contributed by atoms with E-state index < -0.39 is 0 Å². The Bertz CT molecular complexity index is 1000. The summed E-state index contributed by atoms with van der Waals surface area (Å²) in [4.78, 5) is 12.9. The van der Waals surface area contributed by atoms with Crippen LogP contribution < -0.4 is 16.8 Å². The smallest absolute Gasteiger partial charge is 0.291 e. The van der Waals surface area contributed by atoms with Gasteiger partial charge in [0.1, 0.15) is 5.76 Å². The van der Waals surface area contributed by atoms with Gasteiger partial charge in [0.2, 0.25) is 5.96 Å². The first-order valence-electron chi connectivity index (χ1n) is 8.93. The molecule has 0 saturated carbocycles. The predicted molar refractivity (Wildman–Crippen MR) is 112 cm³/mol. The van der Waals surface area contributed by atoms with Gasteiger partial charge in [0.25, 0.3) is 5.91 Å². The lowest BCUT2D eigenvalue weighted by molar-refractivity contribution is 0.0992. The topological polar surface area (TPSA) is 119 Å². The maximum Gasteiger partial charge on any atom is 0.291 e. The van der Waals surface area contributed by atoms with Crippen LogP contribution in [0.25, 0.3) is 0 Å². The van der Waals surface area contributed by atoms with Crippen molar-refractivity contribution in [2.45, 2.75) is 40.5 Å². The highest BCUT2D eigenvalue weighted by Crippen LogP contribution is 2.39. The van der Waals surface area contributed by atoms with Gasteiger partial charge in [-0.2, -0.15) is 5.10 Å². The lowest BCUT2D eigenvalue weighted by Gasteiger charge is -2.29. The molecular weight excluding hydrogens is 378 g/mol. The molecule has 1 aliphatic rings. The number of fused-ring (bicyclic) bond motifs is 1. The molecule has 1 aromatic heterocycles. The molecule has 2 aromatic rings. The van der Waals surface area contributed by atoms with Crippen LogP contribution in [0.2, 0.25) is 5.02 Å². The van der Waals surface area contributed by atoms with E-state index in [1.165, 1.54) is 0 Å². The first-order valence-corrected chi connectivity index (χ1v) is 9.31. The van der Waals surface area contributed by atoms with Crippen molar-refractivity contribution in [3.05, 3.63) is 51.4 Å². The highest BCUT2D eigenvalue weighted by molar-refractivity contribution is 6.31. The molecule has 1 aliphatic carbocycles. The Morgan fingerprint density at radius 2 is 1.96 bits per heavy atom. The van der Waals surface area contributed by atoms with Crippen molar-refractivity contribution >= 4 is 34.9 Å². The van der Waals surface area contributed by atoms with Crippen LogP contribution in [0, 0.1) is 19.3 Å². The lowest BCUT2D eigenvalue weighted by Crippen LogP contribution is -2.27. The molecule has 148 valence electrons. The number of halogens is 1. The summed E-state index contributed by atoms with van der Waals surface area (Å²) < 4.78 is 5.98. The molecule has 5 N–H and O–H groups in total. The van der Waals surface area contributed by atoms with Gasteiger partial charge in [0.15, 0.2) is 5.76 Å². The Morgan fingerprint density at radius 1 is 1.25 bits per heavy atom. The van der Waals surface area contributed by atoms with E-state index in [9.17, 15) is 4.79 Å². The van der Waals surface area contributed by atoms with Crippen LogP contribution in [0.4, 0.5) is 5.69 Å². The van der Waals surface area contributed by atoms with Gasteiger partial charge in [0.05, 0.1) is 5.71 Å². The van der Waals surface area contributed by atoms with Gasteiger partial charge >= 0.3 is 0 Å². The summed E-state index contributed by atoms with van der Waals surface area (Å²) in [6.07, 6.45) is 1.36. The zero-order valence-electron chi connectivity index (χ0n) is 16.4. The second kappa shape index (κ2) is 7.31. The van der Waals surface area contributed by atoms with E-state index in [1.807, 2.05) is 19.9 Å². The van der Waals surface area contributed by atoms with Gasteiger partial charge in [-0.15, -0.1) is 5.10 Å². The third-order valence-corrected chi connectivity index (χ3v) is 4.97. The molecule has 1 amide bonds. The molecule has 7 nitrogen and oxygen atoms in total. The van der Waals surface area contributed by atoms with E-state index in [2.05, 4.69) is 29.4 Å². The monoisotopic (exact) mass is 401 g/mol. The Kier molecular flexibility index (Phi) is 5.21. The summed E-state index contributed by atoms with van der Waals surface area (Å²) in [5.74, 6) is 0.509. The van der Waals surface area contributed by atoms with Crippen molar-refractivity contribution in [3.8, 4) is 0 Å². The standard InChI is InChI=1S/C20H24ClN5O2/c1-10-5-6-12(21)7-13(10)24-18(27)17-11(2)16-14(25-26-19(22)23)8-20(3,4)9-15(16)28-17/h5-7H,8-9H2,1-4H3,(H,24,27)(H4,22,23,26)/b25-14-. The first kappa shape index (κ1) is 19.9. The van der Waals surface area contributed by atoms with Crippen molar-refractivity contribution in [1.29, 1.82) is 0 Å². The molecule has 0 atom stereocenters. The van der Waals surface area contributed by atoms with E-state index in [0.29, 0.717) is 40.6 Å². The molecular formula is C20H24ClN5O2. The number of nitrogens with one attached hydrogen (secondary N) is 1. The third-order valence-electron chi connectivity index (χ3n) is 4.73. The second-order valence-corrected chi connectivity index (χ2v) is 8.29. The van der Waals surface area contributed by atoms with E-state index >= 15 is 0 Å². The summed E-state index contributed by atoms with van der Waals surface area (Å²) in [7, 11) is 0. The average Bonchev–Trinajstić information content (AvgIpc) is 2.91. The number of amides is 1. The van der Waals surface area contributed by atoms with Crippen LogP contribution in [-0.2, 0) is 6.42 Å². The van der Waals surface area contributed by atoms with Gasteiger partial charge < -0.3 is 21.2 Å². The van der Waals surface area contributed by atoms with E-state index in [4.69, 9.17) is 27.5 Å². The van der Waals surface area contributed by atoms with E-state index in [0.717, 1.165) is 11.1 Å². The van der Waals surface area contributed by atoms with Crippen molar-refractivity contribution in [2.75, 3.05) is 5.32 Å². The number of furan rings is 1. The normalized spacial score (nSPS) is 16.5. The molecule has 0 aliphatic heterocycles. The van der Waals surface area contributed by atoms with Gasteiger partial charge in [0, 0.05) is 28.3 Å². The van der Waals surface area contributed by atoms with E-state index in [-0.39, 0.29) is 23.0 Å². The molecule has 0 saturated heterocycles. The SMILES string of the molecule is Cc1ccc(Cl)cc1NC(=O)c1oc2c(c1C)/C(=N\N=C(N)N)CC(C)(C)C2. The first-order chi connectivity index (χ1) is 13.1. The Labute approximate surface area is 168 Å². The zero-order valence-corrected chi connectivity index (χ0v) is 17.1. The fourth-order valence-corrected chi connectivity index (χ4v) is 3.61. The van der Waals surface area contributed by atoms with Crippen molar-refractivity contribution < 1.29 is 9.21 Å². The molecule has 3 rings (SSSR count). The van der Waals surface area contributed by atoms with Crippen molar-refractivity contribution in [1.82, 2.24) is 0 Å². The number of hydrogen-bond donors (Lipinski definition) is 3. The molecule has 0 spiro atoms. The zero-order chi connectivity index (χ0) is 20.6. The number of carbonyl (C=O) groups is 1. The number of aryl methyl sites for hydroxylation is 1. The molecule has 8 heteroatoms. The Hall–Kier alpha value is -2.80. The van der Waals surface area contributed by atoms with Crippen molar-refractivity contribution in [3.63, 3.8) is 0 Å². The average molecular weight is 402 g/mol. The maximum atomic E-state index is 12.9. The van der Waals surface area contributed by atoms with Gasteiger partial charge in [-0.3, -0.25) is 4.79 Å². The number of nitrogens with zero attached hydrogens (tertiary/aromatic N) is 2. The second-order valence-electron chi connectivity index (χ2n) is 7.86.